The van der Waals surface area contributed by atoms with E-state index in [0.717, 1.165) is 19.3 Å². The average Bonchev–Trinajstić information content (AvgIpc) is 2.72. The number of carbonyl (C=O) groups excluding carboxylic acids is 2. The zero-order valence-electron chi connectivity index (χ0n) is 9.06. The zero-order chi connectivity index (χ0) is 11.3. The summed E-state index contributed by atoms with van der Waals surface area (Å²) < 4.78 is 9.20. The first-order valence-corrected chi connectivity index (χ1v) is 5.03. The van der Waals surface area contributed by atoms with Gasteiger partial charge in [0.25, 0.3) is 0 Å². The molecule has 0 saturated heterocycles. The smallest absolute Gasteiger partial charge is 0.330 e. The van der Waals surface area contributed by atoms with Crippen LogP contribution < -0.4 is 0 Å². The molecule has 1 aliphatic rings. The van der Waals surface area contributed by atoms with Gasteiger partial charge in [0.1, 0.15) is 0 Å². The number of allylic oxidation sites excluding steroid dienone is 1. The highest BCUT2D eigenvalue weighted by atomic mass is 16.5. The number of methoxy groups -OCH3 is 2. The number of hydrogen-bond acceptors (Lipinski definition) is 4. The van der Waals surface area contributed by atoms with E-state index in [0.29, 0.717) is 0 Å². The highest BCUT2D eigenvalue weighted by Crippen LogP contribution is 2.33. The fourth-order valence-corrected chi connectivity index (χ4v) is 1.93. The monoisotopic (exact) mass is 212 g/mol. The van der Waals surface area contributed by atoms with Crippen molar-refractivity contribution in [1.29, 1.82) is 0 Å². The maximum Gasteiger partial charge on any atom is 0.330 e. The van der Waals surface area contributed by atoms with Crippen LogP contribution in [0.15, 0.2) is 12.2 Å². The van der Waals surface area contributed by atoms with Crippen molar-refractivity contribution in [2.24, 2.45) is 11.8 Å². The molecule has 0 aromatic carbocycles. The van der Waals surface area contributed by atoms with Crippen LogP contribution in [0.2, 0.25) is 0 Å². The molecule has 15 heavy (non-hydrogen) atoms. The van der Waals surface area contributed by atoms with Gasteiger partial charge in [-0.1, -0.05) is 12.5 Å². The zero-order valence-corrected chi connectivity index (χ0v) is 9.06. The van der Waals surface area contributed by atoms with E-state index < -0.39 is 0 Å². The van der Waals surface area contributed by atoms with Crippen molar-refractivity contribution >= 4 is 11.9 Å². The van der Waals surface area contributed by atoms with Crippen molar-refractivity contribution in [3.05, 3.63) is 12.2 Å². The first-order chi connectivity index (χ1) is 7.19. The summed E-state index contributed by atoms with van der Waals surface area (Å²) in [4.78, 5) is 22.3. The number of rotatable bonds is 3. The van der Waals surface area contributed by atoms with Gasteiger partial charge in [0.15, 0.2) is 0 Å². The largest absolute Gasteiger partial charge is 0.469 e. The Morgan fingerprint density at radius 1 is 1.20 bits per heavy atom. The Labute approximate surface area is 89.2 Å². The second kappa shape index (κ2) is 5.53. The van der Waals surface area contributed by atoms with Crippen molar-refractivity contribution in [3.8, 4) is 0 Å². The van der Waals surface area contributed by atoms with Crippen LogP contribution in [0.4, 0.5) is 0 Å². The van der Waals surface area contributed by atoms with Crippen molar-refractivity contribution in [2.45, 2.75) is 19.3 Å². The number of hydrogen-bond donors (Lipinski definition) is 0. The maximum atomic E-state index is 11.4. The molecule has 0 aromatic heterocycles. The van der Waals surface area contributed by atoms with E-state index in [1.807, 2.05) is 0 Å². The van der Waals surface area contributed by atoms with Crippen molar-refractivity contribution < 1.29 is 19.1 Å². The lowest BCUT2D eigenvalue weighted by Crippen LogP contribution is -2.19. The van der Waals surface area contributed by atoms with Gasteiger partial charge in [-0.05, 0) is 18.8 Å². The van der Waals surface area contributed by atoms with E-state index in [1.165, 1.54) is 20.3 Å². The van der Waals surface area contributed by atoms with E-state index in [9.17, 15) is 9.59 Å². The van der Waals surface area contributed by atoms with Crippen molar-refractivity contribution in [3.63, 3.8) is 0 Å². The van der Waals surface area contributed by atoms with Crippen LogP contribution in [0.25, 0.3) is 0 Å². The molecule has 4 nitrogen and oxygen atoms in total. The summed E-state index contributed by atoms with van der Waals surface area (Å²) in [5.74, 6) is -0.565. The van der Waals surface area contributed by atoms with E-state index in [1.54, 1.807) is 6.08 Å². The Morgan fingerprint density at radius 3 is 2.53 bits per heavy atom. The molecule has 1 rings (SSSR count). The van der Waals surface area contributed by atoms with Crippen LogP contribution in [0.5, 0.6) is 0 Å². The van der Waals surface area contributed by atoms with Gasteiger partial charge in [-0.15, -0.1) is 0 Å². The molecule has 0 N–H and O–H groups in total. The van der Waals surface area contributed by atoms with Gasteiger partial charge in [0, 0.05) is 6.08 Å². The van der Waals surface area contributed by atoms with Crippen LogP contribution in [0, 0.1) is 11.8 Å². The Kier molecular flexibility index (Phi) is 4.34. The van der Waals surface area contributed by atoms with E-state index >= 15 is 0 Å². The summed E-state index contributed by atoms with van der Waals surface area (Å²) in [7, 11) is 2.72. The fourth-order valence-electron chi connectivity index (χ4n) is 1.93. The third-order valence-corrected chi connectivity index (χ3v) is 2.75. The molecular weight excluding hydrogens is 196 g/mol. The Balaban J connectivity index is 2.57. The normalized spacial score (nSPS) is 25.5. The molecule has 84 valence electrons. The predicted molar refractivity (Wildman–Crippen MR) is 54.0 cm³/mol. The van der Waals surface area contributed by atoms with Crippen molar-refractivity contribution in [1.82, 2.24) is 0 Å². The number of carbonyl (C=O) groups is 2. The quantitative estimate of drug-likeness (QED) is 0.522. The summed E-state index contributed by atoms with van der Waals surface area (Å²) in [6.07, 6.45) is 5.89. The van der Waals surface area contributed by atoms with Gasteiger partial charge in [-0.25, -0.2) is 4.79 Å². The molecular formula is C11H16O4. The molecule has 1 aliphatic carbocycles. The topological polar surface area (TPSA) is 52.6 Å². The maximum absolute atomic E-state index is 11.4. The lowest BCUT2D eigenvalue weighted by atomic mass is 9.96. The third-order valence-electron chi connectivity index (χ3n) is 2.75. The highest BCUT2D eigenvalue weighted by molar-refractivity contribution is 5.82. The summed E-state index contributed by atoms with van der Waals surface area (Å²) in [6, 6.07) is 0. The van der Waals surface area contributed by atoms with E-state index in [-0.39, 0.29) is 23.8 Å². The second-order valence-corrected chi connectivity index (χ2v) is 3.61. The molecule has 2 atom stereocenters. The van der Waals surface area contributed by atoms with Gasteiger partial charge < -0.3 is 9.47 Å². The first kappa shape index (κ1) is 11.8. The lowest BCUT2D eigenvalue weighted by Gasteiger charge is -2.12. The molecule has 1 saturated carbocycles. The molecule has 0 amide bonds. The third kappa shape index (κ3) is 3.08. The second-order valence-electron chi connectivity index (χ2n) is 3.61. The predicted octanol–water partition coefficient (Wildman–Crippen LogP) is 1.30. The molecule has 0 aliphatic heterocycles. The summed E-state index contributed by atoms with van der Waals surface area (Å²) in [6.45, 7) is 0. The molecule has 0 heterocycles. The van der Waals surface area contributed by atoms with E-state index in [2.05, 4.69) is 4.74 Å². The number of esters is 2. The summed E-state index contributed by atoms with van der Waals surface area (Å²) in [5.41, 5.74) is 0. The van der Waals surface area contributed by atoms with Gasteiger partial charge in [-0.2, -0.15) is 0 Å². The molecule has 4 heteroatoms. The lowest BCUT2D eigenvalue weighted by molar-refractivity contribution is -0.146. The Morgan fingerprint density at radius 2 is 1.93 bits per heavy atom. The van der Waals surface area contributed by atoms with E-state index in [4.69, 9.17) is 4.74 Å². The van der Waals surface area contributed by atoms with Gasteiger partial charge in [-0.3, -0.25) is 4.79 Å². The van der Waals surface area contributed by atoms with Crippen LogP contribution in [-0.4, -0.2) is 26.2 Å². The summed E-state index contributed by atoms with van der Waals surface area (Å²) >= 11 is 0. The summed E-state index contributed by atoms with van der Waals surface area (Å²) in [5, 5.41) is 0. The molecule has 2 unspecified atom stereocenters. The number of ether oxygens (including phenoxy) is 2. The van der Waals surface area contributed by atoms with Crippen LogP contribution in [0.3, 0.4) is 0 Å². The molecule has 0 bridgehead atoms. The Bertz CT molecular complexity index is 270. The van der Waals surface area contributed by atoms with Crippen LogP contribution in [-0.2, 0) is 19.1 Å². The molecule has 0 spiro atoms. The minimum Gasteiger partial charge on any atom is -0.469 e. The highest BCUT2D eigenvalue weighted by Gasteiger charge is 2.31. The van der Waals surface area contributed by atoms with Gasteiger partial charge in [0.05, 0.1) is 20.1 Å². The fraction of sp³-hybridized carbons (Fsp3) is 0.636. The van der Waals surface area contributed by atoms with Gasteiger partial charge >= 0.3 is 11.9 Å². The average molecular weight is 212 g/mol. The molecule has 0 aromatic rings. The first-order valence-electron chi connectivity index (χ1n) is 5.03. The Hall–Kier alpha value is -1.32. The SMILES string of the molecule is COC(=O)C=CC1CCCC1C(=O)OC. The molecule has 1 fully saturated rings. The molecule has 0 radical (unpaired) electrons. The standard InChI is InChI=1S/C11H16O4/c1-14-10(12)7-6-8-4-3-5-9(8)11(13)15-2/h6-9H,3-5H2,1-2H3. The van der Waals surface area contributed by atoms with Gasteiger partial charge in [0.2, 0.25) is 0 Å². The van der Waals surface area contributed by atoms with Crippen LogP contribution in [0.1, 0.15) is 19.3 Å². The van der Waals surface area contributed by atoms with Crippen LogP contribution >= 0.6 is 0 Å². The minimum atomic E-state index is -0.384. The minimum absolute atomic E-state index is 0.101. The van der Waals surface area contributed by atoms with Crippen molar-refractivity contribution in [2.75, 3.05) is 14.2 Å².